The summed E-state index contributed by atoms with van der Waals surface area (Å²) in [4.78, 5) is 11.1. The van der Waals surface area contributed by atoms with Crippen molar-refractivity contribution >= 4 is 16.2 Å². The number of carbonyl (C=O) groups excluding carboxylic acids is 1. The summed E-state index contributed by atoms with van der Waals surface area (Å²) in [6, 6.07) is 0. The largest absolute Gasteiger partial charge is 0.368 e. The highest BCUT2D eigenvalue weighted by Gasteiger charge is 2.40. The molecule has 82 valence electrons. The van der Waals surface area contributed by atoms with Gasteiger partial charge in [0.25, 0.3) is 0 Å². The quantitative estimate of drug-likeness (QED) is 0.562. The van der Waals surface area contributed by atoms with E-state index >= 15 is 0 Å². The van der Waals surface area contributed by atoms with Crippen molar-refractivity contribution in [3.63, 3.8) is 0 Å². The Morgan fingerprint density at radius 3 is 2.14 bits per heavy atom. The topological polar surface area (TPSA) is 109 Å². The van der Waals surface area contributed by atoms with Crippen molar-refractivity contribution in [3.8, 4) is 0 Å². The Hall–Kier alpha value is -0.660. The van der Waals surface area contributed by atoms with E-state index in [0.29, 0.717) is 12.8 Å². The number of carbonyl (C=O) groups is 1. The highest BCUT2D eigenvalue weighted by molar-refractivity contribution is 7.83. The molecule has 0 radical (unpaired) electrons. The van der Waals surface area contributed by atoms with Crippen molar-refractivity contribution < 1.29 is 17.8 Å². The lowest BCUT2D eigenvalue weighted by molar-refractivity contribution is -0.125. The van der Waals surface area contributed by atoms with Gasteiger partial charge in [0.1, 0.15) is 5.54 Å². The molecule has 0 aromatic carbocycles. The molecule has 0 unspecified atom stereocenters. The van der Waals surface area contributed by atoms with Crippen molar-refractivity contribution in [2.75, 3.05) is 0 Å². The number of rotatable bonds is 3. The third-order valence-corrected chi connectivity index (χ3v) is 3.15. The van der Waals surface area contributed by atoms with E-state index in [0.717, 1.165) is 19.3 Å². The minimum atomic E-state index is -4.38. The Kier molecular flexibility index (Phi) is 3.13. The maximum Gasteiger partial charge on any atom is 0.334 e. The maximum absolute atomic E-state index is 11.1. The van der Waals surface area contributed by atoms with Gasteiger partial charge in [-0.05, 0) is 12.8 Å². The van der Waals surface area contributed by atoms with Gasteiger partial charge in [0.05, 0.1) is 0 Å². The van der Waals surface area contributed by atoms with Gasteiger partial charge < -0.3 is 5.73 Å². The summed E-state index contributed by atoms with van der Waals surface area (Å²) in [7, 11) is -4.38. The lowest BCUT2D eigenvalue weighted by Gasteiger charge is -2.33. The molecule has 0 atom stereocenters. The van der Waals surface area contributed by atoms with Crippen molar-refractivity contribution in [1.82, 2.24) is 4.72 Å². The summed E-state index contributed by atoms with van der Waals surface area (Å²) < 4.78 is 31.9. The Morgan fingerprint density at radius 2 is 1.79 bits per heavy atom. The molecule has 1 aliphatic carbocycles. The van der Waals surface area contributed by atoms with Crippen LogP contribution in [0.4, 0.5) is 0 Å². The van der Waals surface area contributed by atoms with Crippen LogP contribution in [0.25, 0.3) is 0 Å². The zero-order valence-electron chi connectivity index (χ0n) is 7.69. The van der Waals surface area contributed by atoms with Gasteiger partial charge >= 0.3 is 10.3 Å². The van der Waals surface area contributed by atoms with E-state index < -0.39 is 21.8 Å². The third-order valence-electron chi connectivity index (χ3n) is 2.50. The summed E-state index contributed by atoms with van der Waals surface area (Å²) in [6.45, 7) is 0. The second kappa shape index (κ2) is 3.84. The van der Waals surface area contributed by atoms with Gasteiger partial charge in [-0.25, -0.2) is 0 Å². The molecule has 7 heteroatoms. The maximum atomic E-state index is 11.1. The van der Waals surface area contributed by atoms with E-state index in [9.17, 15) is 13.2 Å². The van der Waals surface area contributed by atoms with Gasteiger partial charge in [-0.15, -0.1) is 0 Å². The van der Waals surface area contributed by atoms with Crippen molar-refractivity contribution in [1.29, 1.82) is 0 Å². The normalized spacial score (nSPS) is 21.8. The number of nitrogens with one attached hydrogen (secondary N) is 1. The van der Waals surface area contributed by atoms with Crippen LogP contribution in [0.2, 0.25) is 0 Å². The molecule has 6 nitrogen and oxygen atoms in total. The average Bonchev–Trinajstić information content (AvgIpc) is 2.02. The molecule has 14 heavy (non-hydrogen) atoms. The summed E-state index contributed by atoms with van der Waals surface area (Å²) in [6.07, 6.45) is 3.10. The Bertz CT molecular complexity index is 319. The van der Waals surface area contributed by atoms with Crippen molar-refractivity contribution in [2.45, 2.75) is 37.6 Å². The first-order chi connectivity index (χ1) is 6.36. The lowest BCUT2D eigenvalue weighted by atomic mass is 9.82. The van der Waals surface area contributed by atoms with Gasteiger partial charge in [0.2, 0.25) is 5.91 Å². The molecule has 1 aliphatic rings. The van der Waals surface area contributed by atoms with Crippen LogP contribution in [0.5, 0.6) is 0 Å². The average molecular weight is 222 g/mol. The van der Waals surface area contributed by atoms with E-state index in [1.807, 2.05) is 4.72 Å². The molecule has 1 saturated carbocycles. The van der Waals surface area contributed by atoms with Crippen LogP contribution in [0.3, 0.4) is 0 Å². The zero-order valence-corrected chi connectivity index (χ0v) is 8.51. The number of hydrogen-bond donors (Lipinski definition) is 3. The predicted molar refractivity (Wildman–Crippen MR) is 49.7 cm³/mol. The smallest absolute Gasteiger partial charge is 0.334 e. The third kappa shape index (κ3) is 2.66. The molecule has 0 saturated heterocycles. The fourth-order valence-electron chi connectivity index (χ4n) is 1.80. The monoisotopic (exact) mass is 222 g/mol. The first-order valence-electron chi connectivity index (χ1n) is 4.42. The minimum Gasteiger partial charge on any atom is -0.368 e. The summed E-state index contributed by atoms with van der Waals surface area (Å²) in [5.41, 5.74) is 3.85. The van der Waals surface area contributed by atoms with Crippen LogP contribution in [0.15, 0.2) is 0 Å². The molecule has 0 spiro atoms. The Balaban J connectivity index is 2.87. The van der Waals surface area contributed by atoms with Gasteiger partial charge in [0, 0.05) is 0 Å². The van der Waals surface area contributed by atoms with Crippen molar-refractivity contribution in [3.05, 3.63) is 0 Å². The Morgan fingerprint density at radius 1 is 1.29 bits per heavy atom. The van der Waals surface area contributed by atoms with E-state index in [2.05, 4.69) is 0 Å². The highest BCUT2D eigenvalue weighted by Crippen LogP contribution is 2.28. The minimum absolute atomic E-state index is 0.349. The zero-order chi connectivity index (χ0) is 10.8. The van der Waals surface area contributed by atoms with Crippen LogP contribution in [-0.2, 0) is 15.1 Å². The van der Waals surface area contributed by atoms with E-state index in [1.54, 1.807) is 0 Å². The first kappa shape index (κ1) is 11.4. The molecule has 1 fully saturated rings. The van der Waals surface area contributed by atoms with Gasteiger partial charge in [-0.3, -0.25) is 9.35 Å². The lowest BCUT2D eigenvalue weighted by Crippen LogP contribution is -2.58. The standard InChI is InChI=1S/C7H14N2O4S/c8-6(10)7(9-14(11,12)13)4-2-1-3-5-7/h9H,1-5H2,(H2,8,10)(H,11,12,13). The van der Waals surface area contributed by atoms with Crippen molar-refractivity contribution in [2.24, 2.45) is 5.73 Å². The van der Waals surface area contributed by atoms with Crippen LogP contribution in [0, 0.1) is 0 Å². The molecule has 1 amide bonds. The molecule has 0 bridgehead atoms. The summed E-state index contributed by atoms with van der Waals surface area (Å²) in [5, 5.41) is 0. The molecule has 0 aliphatic heterocycles. The molecular weight excluding hydrogens is 208 g/mol. The fourth-order valence-corrected chi connectivity index (χ4v) is 2.60. The molecule has 4 N–H and O–H groups in total. The van der Waals surface area contributed by atoms with Gasteiger partial charge in [-0.2, -0.15) is 13.1 Å². The van der Waals surface area contributed by atoms with Crippen LogP contribution >= 0.6 is 0 Å². The van der Waals surface area contributed by atoms with E-state index in [4.69, 9.17) is 10.3 Å². The SMILES string of the molecule is NC(=O)C1(NS(=O)(=O)O)CCCCC1. The first-order valence-corrected chi connectivity index (χ1v) is 5.86. The summed E-state index contributed by atoms with van der Waals surface area (Å²) >= 11 is 0. The predicted octanol–water partition coefficient (Wildman–Crippen LogP) is -0.433. The van der Waals surface area contributed by atoms with E-state index in [-0.39, 0.29) is 0 Å². The van der Waals surface area contributed by atoms with Crippen LogP contribution in [-0.4, -0.2) is 24.4 Å². The second-order valence-electron chi connectivity index (χ2n) is 3.58. The van der Waals surface area contributed by atoms with Gasteiger partial charge in [0.15, 0.2) is 0 Å². The Labute approximate surface area is 82.7 Å². The number of hydrogen-bond acceptors (Lipinski definition) is 3. The summed E-state index contributed by atoms with van der Waals surface area (Å²) in [5.74, 6) is -0.727. The molecule has 0 aromatic rings. The second-order valence-corrected chi connectivity index (χ2v) is 4.74. The highest BCUT2D eigenvalue weighted by atomic mass is 32.2. The molecule has 1 rings (SSSR count). The molecule has 0 aromatic heterocycles. The van der Waals surface area contributed by atoms with Crippen LogP contribution < -0.4 is 10.5 Å². The van der Waals surface area contributed by atoms with Crippen LogP contribution in [0.1, 0.15) is 32.1 Å². The van der Waals surface area contributed by atoms with Gasteiger partial charge in [-0.1, -0.05) is 19.3 Å². The molecular formula is C7H14N2O4S. The fraction of sp³-hybridized carbons (Fsp3) is 0.857. The number of primary amides is 1. The number of amides is 1. The van der Waals surface area contributed by atoms with E-state index in [1.165, 1.54) is 0 Å². The number of nitrogens with two attached hydrogens (primary N) is 1. The molecule has 0 heterocycles.